The molecule has 4 aromatic heterocycles. The molecule has 124 heavy (non-hydrogen) atoms. The van der Waals surface area contributed by atoms with Crippen LogP contribution in [0.2, 0.25) is 0 Å². The summed E-state index contributed by atoms with van der Waals surface area (Å²) >= 11 is 0. The van der Waals surface area contributed by atoms with Crippen molar-refractivity contribution in [1.29, 1.82) is 10.5 Å². The summed E-state index contributed by atoms with van der Waals surface area (Å²) in [6, 6.07) is 142. The van der Waals surface area contributed by atoms with E-state index in [1.165, 1.54) is 111 Å². The zero-order valence-corrected chi connectivity index (χ0v) is 67.4. The molecule has 0 N–H and O–H groups in total. The van der Waals surface area contributed by atoms with E-state index in [9.17, 15) is 10.5 Å². The fourth-order valence-electron chi connectivity index (χ4n) is 20.6. The molecule has 0 amide bonds. The van der Waals surface area contributed by atoms with Crippen LogP contribution in [0.3, 0.4) is 0 Å². The van der Waals surface area contributed by atoms with Gasteiger partial charge in [0.1, 0.15) is 12.1 Å². The molecule has 4 aliphatic rings. The van der Waals surface area contributed by atoms with Gasteiger partial charge >= 0.3 is 0 Å². The number of hydrogen-bond donors (Lipinski definition) is 0. The number of nitriles is 2. The molecule has 0 saturated carbocycles. The van der Waals surface area contributed by atoms with Crippen molar-refractivity contribution < 1.29 is 0 Å². The molecule has 17 aromatic carbocycles. The molecule has 4 heterocycles. The Bertz CT molecular complexity index is 8000. The Balaban J connectivity index is 0.000000140. The van der Waals surface area contributed by atoms with Gasteiger partial charge in [0.05, 0.1) is 55.4 Å². The maximum absolute atomic E-state index is 11.0. The van der Waals surface area contributed by atoms with Crippen LogP contribution in [0.1, 0.15) is 66.8 Å². The van der Waals surface area contributed by atoms with Crippen LogP contribution in [0.25, 0.3) is 179 Å². The van der Waals surface area contributed by atoms with Crippen LogP contribution in [0.15, 0.2) is 388 Å². The van der Waals surface area contributed by atoms with Gasteiger partial charge in [-0.15, -0.1) is 0 Å². The first-order valence-electron chi connectivity index (χ1n) is 41.9. The van der Waals surface area contributed by atoms with E-state index in [1.807, 2.05) is 158 Å². The fourth-order valence-corrected chi connectivity index (χ4v) is 20.6. The summed E-state index contributed by atoms with van der Waals surface area (Å²) < 4.78 is 4.54. The van der Waals surface area contributed by atoms with Crippen molar-refractivity contribution in [3.05, 3.63) is 455 Å². The first-order valence-corrected chi connectivity index (χ1v) is 41.9. The molecule has 0 saturated heterocycles. The maximum Gasteiger partial charge on any atom is 0.164 e. The van der Waals surface area contributed by atoms with E-state index < -0.39 is 10.8 Å². The third kappa shape index (κ3) is 10.7. The lowest BCUT2D eigenvalue weighted by Gasteiger charge is -2.30. The summed E-state index contributed by atoms with van der Waals surface area (Å²) in [4.78, 5) is 29.7. The fraction of sp³-hybridized carbons (Fsp3) is 0.0351. The first-order chi connectivity index (χ1) is 61.2. The molecule has 1 atom stereocenters. The lowest BCUT2D eigenvalue weighted by Crippen LogP contribution is -2.25. The largest absolute Gasteiger partial charge is 0.308 e. The predicted molar refractivity (Wildman–Crippen MR) is 498 cm³/mol. The molecule has 576 valence electrons. The smallest absolute Gasteiger partial charge is 0.164 e. The number of para-hydroxylation sites is 2. The lowest BCUT2D eigenvalue weighted by atomic mass is 9.70. The van der Waals surface area contributed by atoms with Gasteiger partial charge in [-0.3, -0.25) is 0 Å². The van der Waals surface area contributed by atoms with Crippen molar-refractivity contribution in [3.63, 3.8) is 0 Å². The minimum absolute atomic E-state index is 0.462. The Labute approximate surface area is 715 Å². The predicted octanol–water partition coefficient (Wildman–Crippen LogP) is 26.7. The molecule has 2 spiro atoms. The summed E-state index contributed by atoms with van der Waals surface area (Å²) in [7, 11) is 0. The second-order valence-electron chi connectivity index (χ2n) is 32.7. The van der Waals surface area contributed by atoms with E-state index in [-0.39, 0.29) is 0 Å². The standard InChI is InChI=1S/C59H35N5.C55H35N5/c60-36-42-32-41(58-62-56(38-18-6-2-7-19-38)61-57(63-58)39-20-8-3-9-21-39)29-31-53(42)64-54-27-15-12-24-45(54)48-34-52-47(35-55(48)64)46-33-40(37-16-4-1-5-17-37)28-30-51(46)59(52)49-25-13-10-22-43(49)44-23-11-14-26-50(44)59;1-33-21-24-46-41(27-33)39-17-9-11-19-45(39)55(46)47-25-22-34(2)28-42(47)43-31-51-44(30-48(43)55)40-18-10-12-20-50(40)60(51)49-26-23-37(29-38(49)32-56)54-58-52(35-13-5-3-6-14-35)57-53(59-54)36-15-7-4-8-16-36/h1-35H;3-31H,1-2H3. The van der Waals surface area contributed by atoms with Gasteiger partial charge in [-0.05, 0) is 193 Å². The number of hydrogen-bond acceptors (Lipinski definition) is 8. The average molecular weight is 1580 g/mol. The molecule has 0 aliphatic heterocycles. The van der Waals surface area contributed by atoms with E-state index in [4.69, 9.17) is 29.9 Å². The van der Waals surface area contributed by atoms with Gasteiger partial charge < -0.3 is 9.13 Å². The maximum atomic E-state index is 11.0. The molecule has 0 radical (unpaired) electrons. The van der Waals surface area contributed by atoms with Crippen LogP contribution in [0, 0.1) is 36.5 Å². The average Bonchev–Trinajstić information content (AvgIpc) is 1.50. The second-order valence-corrected chi connectivity index (χ2v) is 32.7. The van der Waals surface area contributed by atoms with E-state index in [0.29, 0.717) is 46.1 Å². The van der Waals surface area contributed by atoms with Crippen LogP contribution >= 0.6 is 0 Å². The summed E-state index contributed by atoms with van der Waals surface area (Å²) in [6.07, 6.45) is 0. The molecule has 10 nitrogen and oxygen atoms in total. The summed E-state index contributed by atoms with van der Waals surface area (Å²) in [6.45, 7) is 4.36. The zero-order chi connectivity index (χ0) is 82.5. The lowest BCUT2D eigenvalue weighted by molar-refractivity contribution is 0.794. The Morgan fingerprint density at radius 2 is 0.500 bits per heavy atom. The van der Waals surface area contributed by atoms with Gasteiger partial charge in [0.15, 0.2) is 34.9 Å². The van der Waals surface area contributed by atoms with Crippen molar-refractivity contribution in [2.75, 3.05) is 0 Å². The van der Waals surface area contributed by atoms with Gasteiger partial charge in [-0.2, -0.15) is 10.5 Å². The van der Waals surface area contributed by atoms with Crippen molar-refractivity contribution >= 4 is 43.6 Å². The second kappa shape index (κ2) is 28.0. The van der Waals surface area contributed by atoms with E-state index in [0.717, 1.165) is 88.4 Å². The number of aromatic nitrogens is 8. The Hall–Kier alpha value is -16.7. The number of nitrogens with zero attached hydrogens (tertiary/aromatic N) is 10. The van der Waals surface area contributed by atoms with Crippen molar-refractivity contribution in [3.8, 4) is 147 Å². The minimum Gasteiger partial charge on any atom is -0.308 e. The van der Waals surface area contributed by atoms with Crippen LogP contribution in [-0.4, -0.2) is 39.0 Å². The van der Waals surface area contributed by atoms with Gasteiger partial charge in [-0.25, -0.2) is 29.9 Å². The van der Waals surface area contributed by atoms with Gasteiger partial charge in [0.25, 0.3) is 0 Å². The van der Waals surface area contributed by atoms with Crippen LogP contribution < -0.4 is 0 Å². The summed E-state index contributed by atoms with van der Waals surface area (Å²) in [5.74, 6) is 3.32. The molecular formula is C114H70N10. The molecule has 10 heteroatoms. The molecule has 25 rings (SSSR count). The van der Waals surface area contributed by atoms with Gasteiger partial charge in [0.2, 0.25) is 0 Å². The monoisotopic (exact) mass is 1580 g/mol. The topological polar surface area (TPSA) is 135 Å². The Kier molecular flexibility index (Phi) is 16.1. The Morgan fingerprint density at radius 1 is 0.210 bits per heavy atom. The van der Waals surface area contributed by atoms with Crippen LogP contribution in [0.5, 0.6) is 0 Å². The van der Waals surface area contributed by atoms with Gasteiger partial charge in [-0.1, -0.05) is 321 Å². The first kappa shape index (κ1) is 71.4. The molecule has 1 unspecified atom stereocenters. The molecular weight excluding hydrogens is 1510 g/mol. The van der Waals surface area contributed by atoms with E-state index in [1.54, 1.807) is 0 Å². The highest BCUT2D eigenvalue weighted by Crippen LogP contribution is 2.66. The van der Waals surface area contributed by atoms with Gasteiger partial charge in [0, 0.05) is 54.9 Å². The number of fused-ring (bicyclic) bond motifs is 26. The quantitative estimate of drug-likeness (QED) is 0.139. The van der Waals surface area contributed by atoms with E-state index >= 15 is 0 Å². The third-order valence-electron chi connectivity index (χ3n) is 25.9. The number of aryl methyl sites for hydroxylation is 2. The van der Waals surface area contributed by atoms with Crippen molar-refractivity contribution in [2.24, 2.45) is 0 Å². The normalized spacial score (nSPS) is 13.6. The molecule has 0 fully saturated rings. The van der Waals surface area contributed by atoms with Crippen molar-refractivity contribution in [1.82, 2.24) is 39.0 Å². The number of rotatable bonds is 9. The Morgan fingerprint density at radius 3 is 0.887 bits per heavy atom. The highest BCUT2D eigenvalue weighted by atomic mass is 15.1. The SMILES string of the molecule is Cc1ccc2c(c1)-c1ccccc1C21c2ccc(C)cc2-c2cc3c(cc21)c1ccccc1n3-c1ccc(-c2nc(-c3ccccc3)nc(-c3ccccc3)n2)cc1C#N.N#Cc1cc(-c2nc(-c3ccccc3)nc(-c3ccccc3)n2)ccc1-n1c2ccccc2c2cc3c(cc21)-c1cc(-c2ccccc2)ccc1C31c2ccccc2-c2ccccc21. The number of benzene rings is 17. The minimum atomic E-state index is -0.508. The van der Waals surface area contributed by atoms with Crippen molar-refractivity contribution in [2.45, 2.75) is 24.7 Å². The summed E-state index contributed by atoms with van der Waals surface area (Å²) in [5.41, 5.74) is 36.2. The molecule has 0 bridgehead atoms. The molecule has 21 aromatic rings. The van der Waals surface area contributed by atoms with E-state index in [2.05, 4.69) is 266 Å². The highest BCUT2D eigenvalue weighted by Gasteiger charge is 2.54. The third-order valence-corrected chi connectivity index (χ3v) is 25.9. The molecule has 4 aliphatic carbocycles. The highest BCUT2D eigenvalue weighted by molar-refractivity contribution is 6.15. The van der Waals surface area contributed by atoms with Crippen LogP contribution in [-0.2, 0) is 10.8 Å². The zero-order valence-electron chi connectivity index (χ0n) is 67.4. The summed E-state index contributed by atoms with van der Waals surface area (Å²) in [5, 5.41) is 26.5. The van der Waals surface area contributed by atoms with Crippen LogP contribution in [0.4, 0.5) is 0 Å².